The molecule has 12 nitrogen and oxygen atoms in total. The smallest absolute Gasteiger partial charge is 0.262 e. The van der Waals surface area contributed by atoms with Gasteiger partial charge in [-0.15, -0.1) is 3.77 Å². The largest absolute Gasteiger partial charge is 0.493 e. The zero-order valence-electron chi connectivity index (χ0n) is 24.8. The number of carbonyl (C=O) groups excluding carboxylic acids is 2. The van der Waals surface area contributed by atoms with E-state index in [1.807, 2.05) is 0 Å². The van der Waals surface area contributed by atoms with Crippen molar-refractivity contribution in [2.24, 2.45) is 3.77 Å². The predicted molar refractivity (Wildman–Crippen MR) is 169 cm³/mol. The lowest BCUT2D eigenvalue weighted by molar-refractivity contribution is 0.0664. The molecule has 47 heavy (non-hydrogen) atoms. The maximum Gasteiger partial charge on any atom is 0.262 e. The van der Waals surface area contributed by atoms with E-state index in [1.165, 1.54) is 54.8 Å². The van der Waals surface area contributed by atoms with Gasteiger partial charge in [-0.05, 0) is 42.0 Å². The average Bonchev–Trinajstić information content (AvgIpc) is 3.24. The fourth-order valence-corrected chi connectivity index (χ4v) is 8.77. The van der Waals surface area contributed by atoms with Crippen molar-refractivity contribution >= 4 is 43.2 Å². The van der Waals surface area contributed by atoms with Crippen molar-refractivity contribution in [3.63, 3.8) is 0 Å². The van der Waals surface area contributed by atoms with Crippen molar-refractivity contribution in [2.75, 3.05) is 37.1 Å². The van der Waals surface area contributed by atoms with Gasteiger partial charge in [0.15, 0.2) is 0 Å². The Hall–Kier alpha value is -4.96. The summed E-state index contributed by atoms with van der Waals surface area (Å²) in [5.41, 5.74) is 1.14. The summed E-state index contributed by atoms with van der Waals surface area (Å²) in [5.74, 6) is -2.86. The van der Waals surface area contributed by atoms with Crippen LogP contribution >= 0.6 is 0 Å². The first-order valence-electron chi connectivity index (χ1n) is 14.3. The number of rotatable bonds is 6. The summed E-state index contributed by atoms with van der Waals surface area (Å²) in [7, 11) is -7.76. The molecule has 6 rings (SSSR count). The number of nitrogens with one attached hydrogen (secondary N) is 1. The molecule has 1 N–H and O–H groups in total. The first-order chi connectivity index (χ1) is 22.4. The Morgan fingerprint density at radius 3 is 2.36 bits per heavy atom. The van der Waals surface area contributed by atoms with Gasteiger partial charge in [0, 0.05) is 42.5 Å². The summed E-state index contributed by atoms with van der Waals surface area (Å²) in [4.78, 5) is 34.5. The van der Waals surface area contributed by atoms with Crippen molar-refractivity contribution in [1.82, 2.24) is 14.9 Å². The number of sulfonamides is 1. The maximum atomic E-state index is 14.9. The molecule has 4 bridgehead atoms. The van der Waals surface area contributed by atoms with Gasteiger partial charge in [-0.1, -0.05) is 12.1 Å². The lowest BCUT2D eigenvalue weighted by Gasteiger charge is -2.16. The van der Waals surface area contributed by atoms with E-state index < -0.39 is 55.5 Å². The standard InChI is InChI=1S/C31H27F2N5O7S2/c1-46(41,37-47(42,43)12-9-38-30(39)22-5-2-3-6-23(22)31(38)40)18-19-13-28-35-27-16-24(25(33)17-34-27)21-8-7-20(32)15-26(21)44-10-4-11-45-29(14-19)36-28/h2-3,5-8,13-17H,4,9-12,18H2,1H3,(H,34,35,36). The Bertz CT molecular complexity index is 2120. The molecule has 2 amide bonds. The number of amides is 2. The Morgan fingerprint density at radius 1 is 0.894 bits per heavy atom. The Morgan fingerprint density at radius 2 is 1.62 bits per heavy atom. The van der Waals surface area contributed by atoms with E-state index in [1.54, 1.807) is 12.1 Å². The third-order valence-corrected chi connectivity index (χ3v) is 10.9. The van der Waals surface area contributed by atoms with Gasteiger partial charge in [0.25, 0.3) is 21.8 Å². The van der Waals surface area contributed by atoms with E-state index in [9.17, 15) is 31.0 Å². The van der Waals surface area contributed by atoms with Gasteiger partial charge in [-0.3, -0.25) is 14.5 Å². The van der Waals surface area contributed by atoms with Crippen LogP contribution in [0.15, 0.2) is 70.6 Å². The number of ether oxygens (including phenoxy) is 2. The summed E-state index contributed by atoms with van der Waals surface area (Å²) in [5, 5.41) is 2.95. The Labute approximate surface area is 269 Å². The van der Waals surface area contributed by atoms with Gasteiger partial charge in [-0.2, -0.15) is 4.98 Å². The number of aromatic nitrogens is 2. The monoisotopic (exact) mass is 683 g/mol. The summed E-state index contributed by atoms with van der Waals surface area (Å²) >= 11 is 0. The van der Waals surface area contributed by atoms with E-state index in [2.05, 4.69) is 19.1 Å². The van der Waals surface area contributed by atoms with Gasteiger partial charge < -0.3 is 14.8 Å². The highest BCUT2D eigenvalue weighted by Crippen LogP contribution is 2.34. The molecule has 0 aliphatic carbocycles. The molecule has 1 atom stereocenters. The lowest BCUT2D eigenvalue weighted by Crippen LogP contribution is -2.34. The van der Waals surface area contributed by atoms with Crippen LogP contribution in [0.3, 0.4) is 0 Å². The molecule has 0 radical (unpaired) electrons. The second-order valence-corrected chi connectivity index (χ2v) is 15.2. The molecule has 2 aromatic carbocycles. The molecule has 2 aromatic heterocycles. The molecule has 16 heteroatoms. The van der Waals surface area contributed by atoms with Crippen molar-refractivity contribution in [3.05, 3.63) is 95.2 Å². The molecule has 2 aliphatic heterocycles. The van der Waals surface area contributed by atoms with Crippen molar-refractivity contribution < 1.29 is 40.5 Å². The first-order valence-corrected chi connectivity index (χ1v) is 18.0. The number of hydrogen-bond acceptors (Lipinski definition) is 10. The minimum Gasteiger partial charge on any atom is -0.493 e. The van der Waals surface area contributed by atoms with Gasteiger partial charge in [0.1, 0.15) is 29.0 Å². The summed E-state index contributed by atoms with van der Waals surface area (Å²) in [6.45, 7) is -0.220. The minimum atomic E-state index is -4.34. The fourth-order valence-electron chi connectivity index (χ4n) is 5.14. The molecular formula is C31H27F2N5O7S2. The van der Waals surface area contributed by atoms with Crippen LogP contribution in [0.25, 0.3) is 11.1 Å². The topological polar surface area (TPSA) is 157 Å². The number of fused-ring (bicyclic) bond motifs is 7. The molecule has 1 unspecified atom stereocenters. The number of nitrogens with zero attached hydrogens (tertiary/aromatic N) is 4. The number of hydrogen-bond donors (Lipinski definition) is 1. The van der Waals surface area contributed by atoms with Crippen LogP contribution in [0.2, 0.25) is 0 Å². The maximum absolute atomic E-state index is 14.9. The number of carbonyl (C=O) groups is 2. The van der Waals surface area contributed by atoms with Crippen LogP contribution in [0.4, 0.5) is 20.4 Å². The van der Waals surface area contributed by atoms with Crippen LogP contribution in [0, 0.1) is 11.6 Å². The van der Waals surface area contributed by atoms with Gasteiger partial charge in [0.05, 0.1) is 51.8 Å². The molecule has 0 saturated heterocycles. The second kappa shape index (κ2) is 12.7. The summed E-state index contributed by atoms with van der Waals surface area (Å²) < 4.78 is 83.4. The number of anilines is 2. The molecule has 244 valence electrons. The van der Waals surface area contributed by atoms with E-state index in [-0.39, 0.29) is 58.9 Å². The summed E-state index contributed by atoms with van der Waals surface area (Å²) in [6.07, 6.45) is 2.51. The van der Waals surface area contributed by atoms with Gasteiger partial charge in [-0.25, -0.2) is 26.4 Å². The fraction of sp³-hybridized carbons (Fsp3) is 0.226. The Kier molecular flexibility index (Phi) is 8.63. The van der Waals surface area contributed by atoms with E-state index >= 15 is 0 Å². The highest BCUT2D eigenvalue weighted by Gasteiger charge is 2.35. The third kappa shape index (κ3) is 7.23. The van der Waals surface area contributed by atoms with E-state index in [0.717, 1.165) is 11.1 Å². The lowest BCUT2D eigenvalue weighted by atomic mass is 10.0. The predicted octanol–water partition coefficient (Wildman–Crippen LogP) is 4.55. The van der Waals surface area contributed by atoms with Gasteiger partial charge >= 0.3 is 0 Å². The number of pyridine rings is 2. The molecule has 4 heterocycles. The zero-order valence-corrected chi connectivity index (χ0v) is 26.4. The zero-order chi connectivity index (χ0) is 33.3. The van der Waals surface area contributed by atoms with Crippen LogP contribution in [-0.4, -0.2) is 71.1 Å². The van der Waals surface area contributed by atoms with E-state index in [0.29, 0.717) is 17.5 Å². The average molecular weight is 684 g/mol. The van der Waals surface area contributed by atoms with Crippen LogP contribution in [0.1, 0.15) is 32.7 Å². The van der Waals surface area contributed by atoms with Crippen molar-refractivity contribution in [1.29, 1.82) is 0 Å². The van der Waals surface area contributed by atoms with Gasteiger partial charge in [0.2, 0.25) is 5.88 Å². The molecule has 4 aromatic rings. The first kappa shape index (κ1) is 32.0. The molecule has 0 spiro atoms. The molecule has 2 aliphatic rings. The minimum absolute atomic E-state index is 0.101. The van der Waals surface area contributed by atoms with Crippen LogP contribution in [-0.2, 0) is 25.5 Å². The molecular weight excluding hydrogens is 656 g/mol. The van der Waals surface area contributed by atoms with Crippen LogP contribution < -0.4 is 14.8 Å². The quantitative estimate of drug-likeness (QED) is 0.286. The highest BCUT2D eigenvalue weighted by atomic mass is 32.3. The van der Waals surface area contributed by atoms with Crippen molar-refractivity contribution in [2.45, 2.75) is 12.2 Å². The Balaban J connectivity index is 1.24. The second-order valence-electron chi connectivity index (χ2n) is 10.8. The number of halogens is 2. The van der Waals surface area contributed by atoms with Crippen molar-refractivity contribution in [3.8, 4) is 22.8 Å². The molecule has 0 fully saturated rings. The normalized spacial score (nSPS) is 15.7. The van der Waals surface area contributed by atoms with Crippen LogP contribution in [0.5, 0.6) is 11.6 Å². The highest BCUT2D eigenvalue weighted by molar-refractivity contribution is 8.02. The SMILES string of the molecule is CS(=O)(Cc1cc2nc(c1)OCCCOc1cc(F)ccc1-c1cc(ncc1F)N2)=NS(=O)(=O)CCN1C(=O)c2ccccc2C1=O. The number of imide groups is 1. The number of benzene rings is 2. The molecule has 0 saturated carbocycles. The summed E-state index contributed by atoms with van der Waals surface area (Å²) in [6, 6.07) is 14.3. The van der Waals surface area contributed by atoms with E-state index in [4.69, 9.17) is 9.47 Å². The third-order valence-electron chi connectivity index (χ3n) is 7.16.